The standard InChI is InChI=1S/C8H16N2O3/c1-3-13-10-8(11)6-4-12-5-7(6)9-2/h6-7,9H,3-5H2,1-2H3,(H,10,11). The third kappa shape index (κ3) is 2.65. The normalized spacial score (nSPS) is 27.5. The average Bonchev–Trinajstić information content (AvgIpc) is 2.61. The van der Waals surface area contributed by atoms with Crippen LogP contribution in [0.5, 0.6) is 0 Å². The molecular formula is C8H16N2O3. The molecule has 1 rings (SSSR count). The van der Waals surface area contributed by atoms with Crippen LogP contribution >= 0.6 is 0 Å². The number of hydrogen-bond acceptors (Lipinski definition) is 4. The SMILES string of the molecule is CCONC(=O)C1COCC1NC. The molecule has 0 aromatic heterocycles. The largest absolute Gasteiger partial charge is 0.379 e. The van der Waals surface area contributed by atoms with Crippen molar-refractivity contribution in [1.82, 2.24) is 10.8 Å². The summed E-state index contributed by atoms with van der Waals surface area (Å²) >= 11 is 0. The zero-order valence-electron chi connectivity index (χ0n) is 8.00. The maximum Gasteiger partial charge on any atom is 0.250 e. The number of ether oxygens (including phenoxy) is 1. The van der Waals surface area contributed by atoms with Gasteiger partial charge in [-0.3, -0.25) is 9.63 Å². The minimum atomic E-state index is -0.142. The van der Waals surface area contributed by atoms with Gasteiger partial charge in [-0.25, -0.2) is 5.48 Å². The van der Waals surface area contributed by atoms with Crippen molar-refractivity contribution in [3.8, 4) is 0 Å². The van der Waals surface area contributed by atoms with Gasteiger partial charge < -0.3 is 10.1 Å². The molecule has 5 nitrogen and oxygen atoms in total. The topological polar surface area (TPSA) is 59.6 Å². The van der Waals surface area contributed by atoms with E-state index in [0.29, 0.717) is 19.8 Å². The zero-order chi connectivity index (χ0) is 9.68. The summed E-state index contributed by atoms with van der Waals surface area (Å²) in [7, 11) is 1.82. The van der Waals surface area contributed by atoms with Crippen molar-refractivity contribution < 1.29 is 14.4 Å². The Morgan fingerprint density at radius 3 is 3.00 bits per heavy atom. The molecule has 1 saturated heterocycles. The lowest BCUT2D eigenvalue weighted by Crippen LogP contribution is -2.42. The maximum absolute atomic E-state index is 11.4. The fourth-order valence-electron chi connectivity index (χ4n) is 1.32. The molecule has 0 spiro atoms. The maximum atomic E-state index is 11.4. The number of amides is 1. The molecule has 13 heavy (non-hydrogen) atoms. The van der Waals surface area contributed by atoms with Crippen LogP contribution in [0.1, 0.15) is 6.92 Å². The monoisotopic (exact) mass is 188 g/mol. The van der Waals surface area contributed by atoms with Gasteiger partial charge in [0.2, 0.25) is 0 Å². The predicted molar refractivity (Wildman–Crippen MR) is 46.9 cm³/mol. The van der Waals surface area contributed by atoms with Gasteiger partial charge in [-0.05, 0) is 14.0 Å². The third-order valence-corrected chi connectivity index (χ3v) is 2.11. The van der Waals surface area contributed by atoms with Crippen molar-refractivity contribution in [3.05, 3.63) is 0 Å². The lowest BCUT2D eigenvalue weighted by Gasteiger charge is -2.15. The average molecular weight is 188 g/mol. The first-order valence-corrected chi connectivity index (χ1v) is 4.46. The van der Waals surface area contributed by atoms with Crippen LogP contribution in [0.25, 0.3) is 0 Å². The summed E-state index contributed by atoms with van der Waals surface area (Å²) < 4.78 is 5.18. The quantitative estimate of drug-likeness (QED) is 0.572. The highest BCUT2D eigenvalue weighted by atomic mass is 16.6. The highest BCUT2D eigenvalue weighted by molar-refractivity contribution is 5.78. The first kappa shape index (κ1) is 10.4. The van der Waals surface area contributed by atoms with Crippen LogP contribution in [-0.2, 0) is 14.4 Å². The molecule has 2 atom stereocenters. The van der Waals surface area contributed by atoms with Gasteiger partial charge in [0.1, 0.15) is 0 Å². The van der Waals surface area contributed by atoms with E-state index in [9.17, 15) is 4.79 Å². The van der Waals surface area contributed by atoms with Crippen LogP contribution in [-0.4, -0.2) is 38.8 Å². The Hall–Kier alpha value is -0.650. The Morgan fingerprint density at radius 2 is 2.38 bits per heavy atom. The van der Waals surface area contributed by atoms with Crippen molar-refractivity contribution >= 4 is 5.91 Å². The van der Waals surface area contributed by atoms with Gasteiger partial charge in [0.25, 0.3) is 5.91 Å². The summed E-state index contributed by atoms with van der Waals surface area (Å²) in [6.07, 6.45) is 0. The molecule has 0 saturated carbocycles. The van der Waals surface area contributed by atoms with Gasteiger partial charge in [-0.1, -0.05) is 0 Å². The summed E-state index contributed by atoms with van der Waals surface area (Å²) in [4.78, 5) is 16.2. The second-order valence-electron chi connectivity index (χ2n) is 2.94. The highest BCUT2D eigenvalue weighted by Crippen LogP contribution is 2.13. The number of hydroxylamine groups is 1. The van der Waals surface area contributed by atoms with Crippen LogP contribution in [0.15, 0.2) is 0 Å². The molecule has 1 aliphatic rings. The van der Waals surface area contributed by atoms with E-state index in [1.165, 1.54) is 0 Å². The number of rotatable bonds is 4. The molecular weight excluding hydrogens is 172 g/mol. The molecule has 0 aliphatic carbocycles. The molecule has 0 radical (unpaired) electrons. The van der Waals surface area contributed by atoms with Gasteiger partial charge in [-0.2, -0.15) is 0 Å². The van der Waals surface area contributed by atoms with Crippen LogP contribution in [0, 0.1) is 5.92 Å². The molecule has 0 bridgehead atoms. The number of carbonyl (C=O) groups excluding carboxylic acids is 1. The summed E-state index contributed by atoms with van der Waals surface area (Å²) in [5.41, 5.74) is 2.38. The van der Waals surface area contributed by atoms with Gasteiger partial charge in [0.05, 0.1) is 25.7 Å². The van der Waals surface area contributed by atoms with E-state index in [1.54, 1.807) is 0 Å². The first-order chi connectivity index (χ1) is 6.29. The molecule has 1 heterocycles. The summed E-state index contributed by atoms with van der Waals surface area (Å²) in [5.74, 6) is -0.254. The Balaban J connectivity index is 2.36. The highest BCUT2D eigenvalue weighted by Gasteiger charge is 2.32. The molecule has 2 unspecified atom stereocenters. The van der Waals surface area contributed by atoms with Crippen LogP contribution < -0.4 is 10.8 Å². The molecule has 1 amide bonds. The first-order valence-electron chi connectivity index (χ1n) is 4.46. The third-order valence-electron chi connectivity index (χ3n) is 2.11. The van der Waals surface area contributed by atoms with Crippen LogP contribution in [0.2, 0.25) is 0 Å². The van der Waals surface area contributed by atoms with Crippen LogP contribution in [0.4, 0.5) is 0 Å². The van der Waals surface area contributed by atoms with Crippen molar-refractivity contribution in [2.24, 2.45) is 5.92 Å². The van der Waals surface area contributed by atoms with Crippen molar-refractivity contribution in [2.75, 3.05) is 26.9 Å². The lowest BCUT2D eigenvalue weighted by atomic mass is 10.0. The minimum Gasteiger partial charge on any atom is -0.379 e. The van der Waals surface area contributed by atoms with E-state index in [2.05, 4.69) is 10.8 Å². The molecule has 0 aromatic carbocycles. The van der Waals surface area contributed by atoms with Crippen molar-refractivity contribution in [3.63, 3.8) is 0 Å². The number of carbonyl (C=O) groups is 1. The Bertz CT molecular complexity index is 175. The van der Waals surface area contributed by atoms with Crippen molar-refractivity contribution in [1.29, 1.82) is 0 Å². The van der Waals surface area contributed by atoms with E-state index < -0.39 is 0 Å². The number of nitrogens with one attached hydrogen (secondary N) is 2. The van der Waals surface area contributed by atoms with Gasteiger partial charge >= 0.3 is 0 Å². The molecule has 1 aliphatic heterocycles. The molecule has 2 N–H and O–H groups in total. The molecule has 76 valence electrons. The smallest absolute Gasteiger partial charge is 0.250 e. The van der Waals surface area contributed by atoms with Gasteiger partial charge in [0, 0.05) is 6.04 Å². The Kier molecular flexibility index (Phi) is 4.14. The summed E-state index contributed by atoms with van der Waals surface area (Å²) in [6, 6.07) is 0.0976. The Labute approximate surface area is 77.7 Å². The summed E-state index contributed by atoms with van der Waals surface area (Å²) in [5, 5.41) is 3.03. The second kappa shape index (κ2) is 5.16. The van der Waals surface area contributed by atoms with E-state index in [4.69, 9.17) is 9.57 Å². The van der Waals surface area contributed by atoms with E-state index >= 15 is 0 Å². The van der Waals surface area contributed by atoms with E-state index in [0.717, 1.165) is 0 Å². The summed E-state index contributed by atoms with van der Waals surface area (Å²) in [6.45, 7) is 3.34. The number of likely N-dealkylation sites (N-methyl/N-ethyl adjacent to an activating group) is 1. The van der Waals surface area contributed by atoms with E-state index in [1.807, 2.05) is 14.0 Å². The van der Waals surface area contributed by atoms with Gasteiger partial charge in [0.15, 0.2) is 0 Å². The Morgan fingerprint density at radius 1 is 1.62 bits per heavy atom. The predicted octanol–water partition coefficient (Wildman–Crippen LogP) is -0.711. The van der Waals surface area contributed by atoms with E-state index in [-0.39, 0.29) is 17.9 Å². The van der Waals surface area contributed by atoms with Crippen LogP contribution in [0.3, 0.4) is 0 Å². The molecule has 0 aromatic rings. The number of hydrogen-bond donors (Lipinski definition) is 2. The second-order valence-corrected chi connectivity index (χ2v) is 2.94. The van der Waals surface area contributed by atoms with Crippen molar-refractivity contribution in [2.45, 2.75) is 13.0 Å². The molecule has 5 heteroatoms. The minimum absolute atomic E-state index is 0.0976. The zero-order valence-corrected chi connectivity index (χ0v) is 8.00. The molecule has 1 fully saturated rings. The fraction of sp³-hybridized carbons (Fsp3) is 0.875. The lowest BCUT2D eigenvalue weighted by molar-refractivity contribution is -0.137. The van der Waals surface area contributed by atoms with Gasteiger partial charge in [-0.15, -0.1) is 0 Å². The fourth-order valence-corrected chi connectivity index (χ4v) is 1.32.